The van der Waals surface area contributed by atoms with E-state index in [9.17, 15) is 9.59 Å². The minimum atomic E-state index is -0.0661. The summed E-state index contributed by atoms with van der Waals surface area (Å²) in [6, 6.07) is 3.73. The van der Waals surface area contributed by atoms with Gasteiger partial charge in [-0.2, -0.15) is 0 Å². The summed E-state index contributed by atoms with van der Waals surface area (Å²) in [7, 11) is 0. The molecule has 3 heterocycles. The maximum atomic E-state index is 12.5. The maximum absolute atomic E-state index is 12.5. The van der Waals surface area contributed by atoms with Crippen LogP contribution in [0.2, 0.25) is 0 Å². The molecule has 7 nitrogen and oxygen atoms in total. The van der Waals surface area contributed by atoms with Gasteiger partial charge in [0.05, 0.1) is 18.2 Å². The van der Waals surface area contributed by atoms with Crippen molar-refractivity contribution in [3.8, 4) is 0 Å². The lowest BCUT2D eigenvalue weighted by atomic mass is 10.1. The lowest BCUT2D eigenvalue weighted by Gasteiger charge is -2.34. The van der Waals surface area contributed by atoms with E-state index in [1.807, 2.05) is 30.2 Å². The molecule has 2 amide bonds. The minimum absolute atomic E-state index is 0.0443. The molecule has 0 bridgehead atoms. The van der Waals surface area contributed by atoms with Crippen LogP contribution in [-0.4, -0.2) is 37.8 Å². The Bertz CT molecular complexity index is 828. The van der Waals surface area contributed by atoms with Crippen molar-refractivity contribution >= 4 is 11.8 Å². The highest BCUT2D eigenvalue weighted by atomic mass is 16.2. The average molecular weight is 367 g/mol. The quantitative estimate of drug-likeness (QED) is 0.845. The Morgan fingerprint density at radius 3 is 2.89 bits per heavy atom. The largest absolute Gasteiger partial charge is 0.352 e. The number of carbonyl (C=O) groups is 2. The summed E-state index contributed by atoms with van der Waals surface area (Å²) >= 11 is 0. The van der Waals surface area contributed by atoms with Crippen LogP contribution in [-0.2, 0) is 29.1 Å². The number of aromatic nitrogens is 3. The molecule has 1 N–H and O–H groups in total. The van der Waals surface area contributed by atoms with Crippen molar-refractivity contribution in [1.82, 2.24) is 24.8 Å². The number of amides is 2. The van der Waals surface area contributed by atoms with Crippen molar-refractivity contribution in [2.24, 2.45) is 5.92 Å². The highest BCUT2D eigenvalue weighted by Gasteiger charge is 2.33. The number of imidazole rings is 1. The molecule has 7 heteroatoms. The molecule has 4 rings (SSSR count). The molecule has 1 fully saturated rings. The third-order valence-corrected chi connectivity index (χ3v) is 5.31. The number of fused-ring (bicyclic) bond motifs is 1. The summed E-state index contributed by atoms with van der Waals surface area (Å²) in [5, 5.41) is 2.90. The van der Waals surface area contributed by atoms with Gasteiger partial charge in [0.15, 0.2) is 0 Å². The van der Waals surface area contributed by atoms with Gasteiger partial charge in [-0.05, 0) is 37.3 Å². The fourth-order valence-corrected chi connectivity index (χ4v) is 3.59. The highest BCUT2D eigenvalue weighted by molar-refractivity contribution is 5.78. The number of hydrogen-bond acceptors (Lipinski definition) is 4. The first kappa shape index (κ1) is 17.7. The van der Waals surface area contributed by atoms with Crippen molar-refractivity contribution in [2.45, 2.75) is 51.7 Å². The number of rotatable bonds is 6. The van der Waals surface area contributed by atoms with Gasteiger partial charge >= 0.3 is 0 Å². The molecule has 1 atom stereocenters. The van der Waals surface area contributed by atoms with Crippen molar-refractivity contribution in [3.63, 3.8) is 0 Å². The zero-order chi connectivity index (χ0) is 18.8. The fourth-order valence-electron chi connectivity index (χ4n) is 3.59. The summed E-state index contributed by atoms with van der Waals surface area (Å²) in [4.78, 5) is 35.4. The van der Waals surface area contributed by atoms with Gasteiger partial charge in [-0.1, -0.05) is 6.07 Å². The van der Waals surface area contributed by atoms with Crippen LogP contribution in [0.4, 0.5) is 0 Å². The van der Waals surface area contributed by atoms with Gasteiger partial charge in [-0.3, -0.25) is 14.6 Å². The van der Waals surface area contributed by atoms with E-state index < -0.39 is 0 Å². The van der Waals surface area contributed by atoms with Gasteiger partial charge in [0.25, 0.3) is 0 Å². The lowest BCUT2D eigenvalue weighted by Crippen LogP contribution is -2.41. The van der Waals surface area contributed by atoms with Crippen LogP contribution in [0, 0.1) is 5.92 Å². The van der Waals surface area contributed by atoms with E-state index in [4.69, 9.17) is 0 Å². The first-order chi connectivity index (χ1) is 13.1. The second kappa shape index (κ2) is 7.50. The summed E-state index contributed by atoms with van der Waals surface area (Å²) in [6.45, 7) is 3.93. The van der Waals surface area contributed by atoms with Crippen LogP contribution >= 0.6 is 0 Å². The topological polar surface area (TPSA) is 80.1 Å². The highest BCUT2D eigenvalue weighted by Crippen LogP contribution is 2.34. The third-order valence-electron chi connectivity index (χ3n) is 5.31. The predicted octanol–water partition coefficient (Wildman–Crippen LogP) is 1.84. The van der Waals surface area contributed by atoms with Crippen LogP contribution < -0.4 is 5.32 Å². The molecule has 1 saturated carbocycles. The predicted molar refractivity (Wildman–Crippen MR) is 99.5 cm³/mol. The van der Waals surface area contributed by atoms with E-state index in [1.165, 1.54) is 12.8 Å². The number of nitrogens with zero attached hydrogens (tertiary/aromatic N) is 4. The number of carbonyl (C=O) groups excluding carboxylic acids is 2. The Kier molecular flexibility index (Phi) is 4.92. The third kappa shape index (κ3) is 4.18. The normalized spacial score (nSPS) is 18.9. The van der Waals surface area contributed by atoms with E-state index in [-0.39, 0.29) is 24.3 Å². The Hall–Kier alpha value is -2.70. The maximum Gasteiger partial charge on any atom is 0.226 e. The molecule has 0 aromatic carbocycles. The first-order valence-electron chi connectivity index (χ1n) is 9.61. The average Bonchev–Trinajstić information content (AvgIpc) is 3.38. The summed E-state index contributed by atoms with van der Waals surface area (Å²) in [5.74, 6) is 1.63. The van der Waals surface area contributed by atoms with Gasteiger partial charge in [-0.15, -0.1) is 0 Å². The molecule has 0 unspecified atom stereocenters. The molecule has 1 aliphatic heterocycles. The van der Waals surface area contributed by atoms with Gasteiger partial charge in [0.1, 0.15) is 5.82 Å². The van der Waals surface area contributed by atoms with Gasteiger partial charge in [0, 0.05) is 44.6 Å². The fraction of sp³-hybridized carbons (Fsp3) is 0.500. The van der Waals surface area contributed by atoms with Crippen LogP contribution in [0.1, 0.15) is 49.3 Å². The van der Waals surface area contributed by atoms with Crippen molar-refractivity contribution in [1.29, 1.82) is 0 Å². The summed E-state index contributed by atoms with van der Waals surface area (Å²) < 4.78 is 2.08. The molecule has 0 radical (unpaired) electrons. The zero-order valence-corrected chi connectivity index (χ0v) is 15.6. The Balaban J connectivity index is 1.36. The number of pyridine rings is 1. The van der Waals surface area contributed by atoms with Crippen molar-refractivity contribution in [2.75, 3.05) is 6.54 Å². The first-order valence-corrected chi connectivity index (χ1v) is 9.61. The van der Waals surface area contributed by atoms with Gasteiger partial charge in [0.2, 0.25) is 11.8 Å². The van der Waals surface area contributed by atoms with Crippen LogP contribution in [0.3, 0.4) is 0 Å². The molecule has 27 heavy (non-hydrogen) atoms. The molecule has 2 aromatic heterocycles. The minimum Gasteiger partial charge on any atom is -0.352 e. The van der Waals surface area contributed by atoms with Crippen LogP contribution in [0.25, 0.3) is 0 Å². The van der Waals surface area contributed by atoms with Crippen molar-refractivity contribution in [3.05, 3.63) is 47.8 Å². The molecular weight excluding hydrogens is 342 g/mol. The lowest BCUT2D eigenvalue weighted by molar-refractivity contribution is -0.135. The van der Waals surface area contributed by atoms with E-state index >= 15 is 0 Å². The van der Waals surface area contributed by atoms with E-state index in [1.54, 1.807) is 12.4 Å². The molecule has 1 aliphatic carbocycles. The van der Waals surface area contributed by atoms with Gasteiger partial charge in [-0.25, -0.2) is 4.98 Å². The SMILES string of the molecule is C[C@@H]1c2nc(CC(=O)NCc3cccnc3)cn2CCN1C(=O)CC1CC1. The van der Waals surface area contributed by atoms with E-state index in [0.29, 0.717) is 25.4 Å². The van der Waals surface area contributed by atoms with Crippen molar-refractivity contribution < 1.29 is 9.59 Å². The Morgan fingerprint density at radius 1 is 1.30 bits per heavy atom. The Labute approximate surface area is 158 Å². The summed E-state index contributed by atoms with van der Waals surface area (Å²) in [6.07, 6.45) is 8.66. The number of hydrogen-bond donors (Lipinski definition) is 1. The molecule has 2 aromatic rings. The molecule has 2 aliphatic rings. The number of nitrogens with one attached hydrogen (secondary N) is 1. The van der Waals surface area contributed by atoms with E-state index in [0.717, 1.165) is 23.6 Å². The molecule has 142 valence electrons. The van der Waals surface area contributed by atoms with E-state index in [2.05, 4.69) is 19.9 Å². The second-order valence-electron chi connectivity index (χ2n) is 7.51. The molecular formula is C20H25N5O2. The standard InChI is InChI=1S/C20H25N5O2/c1-14-20-23-17(10-18(26)22-12-16-3-2-6-21-11-16)13-24(20)7-8-25(14)19(27)9-15-4-5-15/h2-3,6,11,13-15H,4-5,7-10,12H2,1H3,(H,22,26)/t14-/m1/s1. The zero-order valence-electron chi connectivity index (χ0n) is 15.6. The van der Waals surface area contributed by atoms with Crippen LogP contribution in [0.15, 0.2) is 30.7 Å². The molecule has 0 saturated heterocycles. The smallest absolute Gasteiger partial charge is 0.226 e. The second-order valence-corrected chi connectivity index (χ2v) is 7.51. The van der Waals surface area contributed by atoms with Crippen LogP contribution in [0.5, 0.6) is 0 Å². The molecule has 0 spiro atoms. The monoisotopic (exact) mass is 367 g/mol. The summed E-state index contributed by atoms with van der Waals surface area (Å²) in [5.41, 5.74) is 1.71. The Morgan fingerprint density at radius 2 is 2.15 bits per heavy atom. The van der Waals surface area contributed by atoms with Gasteiger partial charge < -0.3 is 14.8 Å².